The van der Waals surface area contributed by atoms with E-state index in [1.807, 2.05) is 30.3 Å². The van der Waals surface area contributed by atoms with Gasteiger partial charge < -0.3 is 14.7 Å². The number of nitrogens with zero attached hydrogens (tertiary/aromatic N) is 2. The number of hydrogen-bond acceptors (Lipinski definition) is 6. The second-order valence-electron chi connectivity index (χ2n) is 7.68. The topological polar surface area (TPSA) is 90.3 Å². The number of carbonyl (C=O) groups excluding carboxylic acids is 2. The van der Waals surface area contributed by atoms with Crippen LogP contribution in [0.25, 0.3) is 0 Å². The number of amides is 1. The van der Waals surface area contributed by atoms with Crippen molar-refractivity contribution in [3.05, 3.63) is 60.2 Å². The molecule has 1 fully saturated rings. The van der Waals surface area contributed by atoms with E-state index in [4.69, 9.17) is 5.11 Å². The normalized spacial score (nSPS) is 16.1. The number of esters is 1. The van der Waals surface area contributed by atoms with Gasteiger partial charge in [0.25, 0.3) is 5.91 Å². The summed E-state index contributed by atoms with van der Waals surface area (Å²) in [4.78, 5) is 25.7. The summed E-state index contributed by atoms with van der Waals surface area (Å²) in [5.41, 5.74) is 1.16. The van der Waals surface area contributed by atoms with Gasteiger partial charge in [0.2, 0.25) is 0 Å². The van der Waals surface area contributed by atoms with Crippen LogP contribution in [0.5, 0.6) is 0 Å². The number of anilines is 2. The third kappa shape index (κ3) is 6.30. The molecule has 1 heterocycles. The molecule has 0 radical (unpaired) electrons. The first-order chi connectivity index (χ1) is 13.6. The second kappa shape index (κ2) is 9.54. The third-order valence-corrected chi connectivity index (χ3v) is 4.09. The van der Waals surface area contributed by atoms with Gasteiger partial charge in [-0.1, -0.05) is 18.2 Å². The zero-order valence-corrected chi connectivity index (χ0v) is 17.2. The Morgan fingerprint density at radius 3 is 2.17 bits per heavy atom. The Labute approximate surface area is 171 Å². The van der Waals surface area contributed by atoms with Gasteiger partial charge in [-0.2, -0.15) is 0 Å². The van der Waals surface area contributed by atoms with Crippen LogP contribution in [0.15, 0.2) is 54.6 Å². The number of carbonyl (C=O) groups is 2. The minimum absolute atomic E-state index is 0.152. The summed E-state index contributed by atoms with van der Waals surface area (Å²) in [5, 5.41) is 19.9. The lowest BCUT2D eigenvalue weighted by molar-refractivity contribution is -0.119. The van der Waals surface area contributed by atoms with E-state index >= 15 is 0 Å². The zero-order chi connectivity index (χ0) is 21.6. The van der Waals surface area contributed by atoms with Gasteiger partial charge in [0, 0.05) is 12.2 Å². The van der Waals surface area contributed by atoms with Crippen LogP contribution in [-0.4, -0.2) is 47.5 Å². The molecule has 3 rings (SSSR count). The maximum atomic E-state index is 12.6. The molecule has 2 N–H and O–H groups in total. The van der Waals surface area contributed by atoms with Crippen LogP contribution < -0.4 is 9.96 Å². The smallest absolute Gasteiger partial charge is 0.337 e. The maximum Gasteiger partial charge on any atom is 0.337 e. The highest BCUT2D eigenvalue weighted by Crippen LogP contribution is 2.26. The van der Waals surface area contributed by atoms with Gasteiger partial charge in [0.15, 0.2) is 0 Å². The summed E-state index contributed by atoms with van der Waals surface area (Å²) in [6.07, 6.45) is 0.517. The Morgan fingerprint density at radius 2 is 1.66 bits per heavy atom. The lowest BCUT2D eigenvalue weighted by Gasteiger charge is -2.23. The minimum atomic E-state index is -0.644. The van der Waals surface area contributed by atoms with Crippen LogP contribution in [0.3, 0.4) is 0 Å². The van der Waals surface area contributed by atoms with Gasteiger partial charge in [-0.05, 0) is 63.6 Å². The van der Waals surface area contributed by atoms with Crippen LogP contribution in [-0.2, 0) is 9.53 Å². The van der Waals surface area contributed by atoms with Crippen LogP contribution in [0.1, 0.15) is 37.6 Å². The van der Waals surface area contributed by atoms with E-state index in [1.54, 1.807) is 49.9 Å². The number of hydroxylamine groups is 1. The molecule has 1 atom stereocenters. The Kier molecular flexibility index (Phi) is 7.36. The lowest BCUT2D eigenvalue weighted by atomic mass is 10.1. The number of rotatable bonds is 4. The van der Waals surface area contributed by atoms with Crippen molar-refractivity contribution in [1.29, 1.82) is 0 Å². The molecular weight excluding hydrogens is 372 g/mol. The van der Waals surface area contributed by atoms with Gasteiger partial charge in [-0.3, -0.25) is 10.0 Å². The van der Waals surface area contributed by atoms with E-state index < -0.39 is 17.6 Å². The highest BCUT2D eigenvalue weighted by molar-refractivity contribution is 6.01. The maximum absolute atomic E-state index is 12.6. The molecule has 1 saturated heterocycles. The van der Waals surface area contributed by atoms with Gasteiger partial charge in [-0.25, -0.2) is 9.86 Å². The molecule has 156 valence electrons. The third-order valence-electron chi connectivity index (χ3n) is 4.09. The van der Waals surface area contributed by atoms with Crippen molar-refractivity contribution in [2.24, 2.45) is 0 Å². The predicted molar refractivity (Wildman–Crippen MR) is 111 cm³/mol. The Hall–Kier alpha value is -2.90. The molecule has 7 nitrogen and oxygen atoms in total. The van der Waals surface area contributed by atoms with E-state index in [2.05, 4.69) is 4.74 Å². The molecule has 0 saturated carbocycles. The molecule has 1 aliphatic rings. The number of para-hydroxylation sites is 1. The summed E-state index contributed by atoms with van der Waals surface area (Å²) < 4.78 is 4.64. The Balaban J connectivity index is 0.000000537. The lowest BCUT2D eigenvalue weighted by Crippen LogP contribution is -2.40. The average molecular weight is 400 g/mol. The SMILES string of the molecule is CC(C)(C)O.COC(=O)c1ccc(N(O)C2CCN(c3ccccc3)C2=O)cc1. The standard InChI is InChI=1S/C18H18N2O4.C4H10O/c1-24-18(22)13-7-9-15(10-8-13)20(23)16-11-12-19(17(16)21)14-5-3-2-4-6-14;1-4(2,3)5/h2-10,16,23H,11-12H2,1H3;5H,1-3H3. The highest BCUT2D eigenvalue weighted by Gasteiger charge is 2.36. The van der Waals surface area contributed by atoms with E-state index in [9.17, 15) is 14.8 Å². The molecule has 2 aromatic rings. The van der Waals surface area contributed by atoms with E-state index in [1.165, 1.54) is 7.11 Å². The van der Waals surface area contributed by atoms with Crippen molar-refractivity contribution >= 4 is 23.3 Å². The fourth-order valence-electron chi connectivity index (χ4n) is 2.80. The first-order valence-corrected chi connectivity index (χ1v) is 9.37. The number of aliphatic hydroxyl groups is 1. The van der Waals surface area contributed by atoms with Gasteiger partial charge in [-0.15, -0.1) is 0 Å². The second-order valence-corrected chi connectivity index (χ2v) is 7.68. The number of ether oxygens (including phenoxy) is 1. The van der Waals surface area contributed by atoms with Gasteiger partial charge in [0.1, 0.15) is 6.04 Å². The van der Waals surface area contributed by atoms with Crippen LogP contribution in [0.4, 0.5) is 11.4 Å². The van der Waals surface area contributed by atoms with Gasteiger partial charge >= 0.3 is 5.97 Å². The zero-order valence-electron chi connectivity index (χ0n) is 17.2. The number of methoxy groups -OCH3 is 1. The molecule has 0 aromatic heterocycles. The summed E-state index contributed by atoms with van der Waals surface area (Å²) >= 11 is 0. The molecule has 29 heavy (non-hydrogen) atoms. The highest BCUT2D eigenvalue weighted by atomic mass is 16.5. The molecule has 0 spiro atoms. The quantitative estimate of drug-likeness (QED) is 0.605. The molecule has 7 heteroatoms. The van der Waals surface area contributed by atoms with Gasteiger partial charge in [0.05, 0.1) is 24.0 Å². The largest absolute Gasteiger partial charge is 0.465 e. The molecule has 1 aliphatic heterocycles. The summed E-state index contributed by atoms with van der Waals surface area (Å²) in [5.74, 6) is -0.598. The monoisotopic (exact) mass is 400 g/mol. The summed E-state index contributed by atoms with van der Waals surface area (Å²) in [6, 6.07) is 15.0. The predicted octanol–water partition coefficient (Wildman–Crippen LogP) is 3.25. The van der Waals surface area contributed by atoms with Crippen molar-refractivity contribution in [3.63, 3.8) is 0 Å². The fourth-order valence-corrected chi connectivity index (χ4v) is 2.80. The van der Waals surface area contributed by atoms with E-state index in [0.29, 0.717) is 24.2 Å². The molecule has 2 aromatic carbocycles. The van der Waals surface area contributed by atoms with E-state index in [-0.39, 0.29) is 5.91 Å². The number of benzene rings is 2. The van der Waals surface area contributed by atoms with Crippen LogP contribution in [0.2, 0.25) is 0 Å². The van der Waals surface area contributed by atoms with E-state index in [0.717, 1.165) is 10.8 Å². The van der Waals surface area contributed by atoms with Crippen molar-refractivity contribution < 1.29 is 24.6 Å². The summed E-state index contributed by atoms with van der Waals surface area (Å²) in [6.45, 7) is 5.78. The van der Waals surface area contributed by atoms with Crippen molar-refractivity contribution in [2.45, 2.75) is 38.8 Å². The first kappa shape index (κ1) is 22.4. The first-order valence-electron chi connectivity index (χ1n) is 9.37. The van der Waals surface area contributed by atoms with Crippen molar-refractivity contribution in [2.75, 3.05) is 23.6 Å². The number of hydrogen-bond donors (Lipinski definition) is 2. The van der Waals surface area contributed by atoms with Crippen LogP contribution in [0, 0.1) is 0 Å². The summed E-state index contributed by atoms with van der Waals surface area (Å²) in [7, 11) is 1.31. The fraction of sp³-hybridized carbons (Fsp3) is 0.364. The molecular formula is C22H28N2O5. The minimum Gasteiger partial charge on any atom is -0.465 e. The molecule has 1 unspecified atom stereocenters. The Morgan fingerprint density at radius 1 is 1.10 bits per heavy atom. The Bertz CT molecular complexity index is 809. The van der Waals surface area contributed by atoms with Crippen molar-refractivity contribution in [3.8, 4) is 0 Å². The average Bonchev–Trinajstić information content (AvgIpc) is 3.07. The molecule has 1 amide bonds. The molecule has 0 aliphatic carbocycles. The molecule has 0 bridgehead atoms. The van der Waals surface area contributed by atoms with Crippen molar-refractivity contribution in [1.82, 2.24) is 0 Å². The van der Waals surface area contributed by atoms with Crippen LogP contribution >= 0.6 is 0 Å².